The molecule has 0 amide bonds. The largest absolute Gasteiger partial charge is 0.227 e. The third-order valence-corrected chi connectivity index (χ3v) is 1.80. The molecule has 0 radical (unpaired) electrons. The zero-order valence-electron chi connectivity index (χ0n) is 7.76. The van der Waals surface area contributed by atoms with E-state index in [0.717, 1.165) is 6.67 Å². The number of rotatable bonds is 2. The van der Waals surface area contributed by atoms with Crippen LogP contribution in [-0.2, 0) is 0 Å². The molecule has 0 atom stereocenters. The average Bonchev–Trinajstić information content (AvgIpc) is 2.32. The number of hydrazine groups is 3. The van der Waals surface area contributed by atoms with Crippen molar-refractivity contribution in [3.8, 4) is 0 Å². The fourth-order valence-corrected chi connectivity index (χ4v) is 1.19. The summed E-state index contributed by atoms with van der Waals surface area (Å²) in [6.45, 7) is 9.58. The third kappa shape index (κ3) is 1.90. The highest BCUT2D eigenvalue weighted by molar-refractivity contribution is 4.64. The van der Waals surface area contributed by atoms with Gasteiger partial charge in [-0.3, -0.25) is 0 Å². The Hall–Kier alpha value is -0.160. The Morgan fingerprint density at radius 1 is 1.09 bits per heavy atom. The summed E-state index contributed by atoms with van der Waals surface area (Å²) in [4.78, 5) is 0. The van der Waals surface area contributed by atoms with Crippen LogP contribution in [0.1, 0.15) is 27.7 Å². The van der Waals surface area contributed by atoms with Gasteiger partial charge in [-0.15, -0.1) is 0 Å². The van der Waals surface area contributed by atoms with Gasteiger partial charge in [0, 0.05) is 12.1 Å². The average molecular weight is 158 g/mol. The highest BCUT2D eigenvalue weighted by Gasteiger charge is 2.25. The van der Waals surface area contributed by atoms with Crippen LogP contribution in [0.4, 0.5) is 0 Å². The normalized spacial score (nSPS) is 22.4. The molecular weight excluding hydrogens is 140 g/mol. The van der Waals surface area contributed by atoms with Gasteiger partial charge in [-0.2, -0.15) is 10.7 Å². The molecule has 1 aliphatic rings. The molecule has 1 saturated heterocycles. The van der Waals surface area contributed by atoms with Crippen LogP contribution in [0.5, 0.6) is 0 Å². The van der Waals surface area contributed by atoms with Gasteiger partial charge in [0.2, 0.25) is 0 Å². The molecule has 1 heterocycles. The fourth-order valence-electron chi connectivity index (χ4n) is 1.19. The van der Waals surface area contributed by atoms with Crippen molar-refractivity contribution < 1.29 is 0 Å². The van der Waals surface area contributed by atoms with Crippen LogP contribution in [-0.4, -0.2) is 28.9 Å². The number of hydrogen-bond acceptors (Lipinski definition) is 4. The van der Waals surface area contributed by atoms with Gasteiger partial charge in [0.05, 0.1) is 6.67 Å². The first-order chi connectivity index (χ1) is 5.13. The van der Waals surface area contributed by atoms with Crippen LogP contribution in [0.3, 0.4) is 0 Å². The molecule has 0 aliphatic carbocycles. The second-order valence-electron chi connectivity index (χ2n) is 3.42. The van der Waals surface area contributed by atoms with Crippen LogP contribution in [0.15, 0.2) is 0 Å². The minimum absolute atomic E-state index is 0.493. The summed E-state index contributed by atoms with van der Waals surface area (Å²) in [5, 5.41) is 4.37. The number of nitrogens with zero attached hydrogens (tertiary/aromatic N) is 2. The number of nitrogens with one attached hydrogen (secondary N) is 2. The molecule has 0 aromatic heterocycles. The molecule has 2 N–H and O–H groups in total. The first kappa shape index (κ1) is 8.93. The Morgan fingerprint density at radius 2 is 1.73 bits per heavy atom. The highest BCUT2D eigenvalue weighted by Crippen LogP contribution is 2.07. The summed E-state index contributed by atoms with van der Waals surface area (Å²) in [7, 11) is 0. The maximum Gasteiger partial charge on any atom is 0.0784 e. The van der Waals surface area contributed by atoms with Crippen molar-refractivity contribution in [1.29, 1.82) is 0 Å². The molecule has 1 aliphatic heterocycles. The molecule has 0 spiro atoms. The summed E-state index contributed by atoms with van der Waals surface area (Å²) >= 11 is 0. The van der Waals surface area contributed by atoms with E-state index in [2.05, 4.69) is 48.8 Å². The molecule has 0 saturated carbocycles. The highest BCUT2D eigenvalue weighted by atomic mass is 16.0. The summed E-state index contributed by atoms with van der Waals surface area (Å²) in [5.41, 5.74) is 6.18. The van der Waals surface area contributed by atoms with Crippen LogP contribution in [0.2, 0.25) is 0 Å². The first-order valence-corrected chi connectivity index (χ1v) is 4.17. The monoisotopic (exact) mass is 158 g/mol. The van der Waals surface area contributed by atoms with Crippen molar-refractivity contribution in [2.24, 2.45) is 0 Å². The zero-order valence-corrected chi connectivity index (χ0v) is 7.76. The molecule has 4 nitrogen and oxygen atoms in total. The van der Waals surface area contributed by atoms with E-state index in [1.807, 2.05) is 0 Å². The van der Waals surface area contributed by atoms with Crippen LogP contribution < -0.4 is 11.0 Å². The molecule has 1 rings (SSSR count). The van der Waals surface area contributed by atoms with E-state index in [0.29, 0.717) is 12.1 Å². The molecule has 0 bridgehead atoms. The van der Waals surface area contributed by atoms with Gasteiger partial charge >= 0.3 is 0 Å². The quantitative estimate of drug-likeness (QED) is 0.605. The third-order valence-electron chi connectivity index (χ3n) is 1.80. The first-order valence-electron chi connectivity index (χ1n) is 4.17. The van der Waals surface area contributed by atoms with Crippen LogP contribution >= 0.6 is 0 Å². The van der Waals surface area contributed by atoms with Crippen LogP contribution in [0, 0.1) is 0 Å². The van der Waals surface area contributed by atoms with Crippen LogP contribution in [0.25, 0.3) is 0 Å². The van der Waals surface area contributed by atoms with Crippen molar-refractivity contribution in [2.75, 3.05) is 6.67 Å². The lowest BCUT2D eigenvalue weighted by atomic mass is 10.3. The molecule has 0 unspecified atom stereocenters. The van der Waals surface area contributed by atoms with E-state index in [-0.39, 0.29) is 0 Å². The van der Waals surface area contributed by atoms with E-state index < -0.39 is 0 Å². The molecule has 4 heteroatoms. The van der Waals surface area contributed by atoms with Gasteiger partial charge in [0.15, 0.2) is 0 Å². The predicted molar refractivity (Wildman–Crippen MR) is 45.1 cm³/mol. The molecular formula is C7H18N4. The summed E-state index contributed by atoms with van der Waals surface area (Å²) < 4.78 is 0. The lowest BCUT2D eigenvalue weighted by Gasteiger charge is -2.31. The maximum absolute atomic E-state index is 3.10. The summed E-state index contributed by atoms with van der Waals surface area (Å²) in [6.07, 6.45) is 0. The van der Waals surface area contributed by atoms with Crippen molar-refractivity contribution in [3.05, 3.63) is 0 Å². The number of hydrogen-bond donors (Lipinski definition) is 2. The Kier molecular flexibility index (Phi) is 2.84. The minimum Gasteiger partial charge on any atom is -0.227 e. The van der Waals surface area contributed by atoms with Crippen molar-refractivity contribution in [3.63, 3.8) is 0 Å². The topological polar surface area (TPSA) is 30.5 Å². The summed E-state index contributed by atoms with van der Waals surface area (Å²) in [6, 6.07) is 1.03. The van der Waals surface area contributed by atoms with E-state index >= 15 is 0 Å². The van der Waals surface area contributed by atoms with E-state index in [1.54, 1.807) is 0 Å². The Morgan fingerprint density at radius 3 is 2.09 bits per heavy atom. The molecule has 0 aromatic rings. The standard InChI is InChI=1S/C7H18N4/c1-6(2)10-5-8-9-11(10)7(3)4/h6-9H,5H2,1-4H3. The zero-order chi connectivity index (χ0) is 8.43. The molecule has 66 valence electrons. The Balaban J connectivity index is 2.51. The summed E-state index contributed by atoms with van der Waals surface area (Å²) in [5.74, 6) is 0. The smallest absolute Gasteiger partial charge is 0.0784 e. The van der Waals surface area contributed by atoms with Gasteiger partial charge in [-0.1, -0.05) is 0 Å². The predicted octanol–water partition coefficient (Wildman–Crippen LogP) is 0.303. The molecule has 1 fully saturated rings. The molecule has 0 aromatic carbocycles. The van der Waals surface area contributed by atoms with Crippen molar-refractivity contribution in [2.45, 2.75) is 39.8 Å². The van der Waals surface area contributed by atoms with E-state index in [4.69, 9.17) is 0 Å². The van der Waals surface area contributed by atoms with Gasteiger partial charge in [0.1, 0.15) is 0 Å². The van der Waals surface area contributed by atoms with E-state index in [9.17, 15) is 0 Å². The second kappa shape index (κ2) is 3.49. The van der Waals surface area contributed by atoms with E-state index in [1.165, 1.54) is 0 Å². The van der Waals surface area contributed by atoms with Gasteiger partial charge in [-0.25, -0.2) is 10.4 Å². The molecule has 11 heavy (non-hydrogen) atoms. The fraction of sp³-hybridized carbons (Fsp3) is 1.00. The van der Waals surface area contributed by atoms with Gasteiger partial charge < -0.3 is 0 Å². The van der Waals surface area contributed by atoms with Crippen molar-refractivity contribution in [1.82, 2.24) is 21.1 Å². The Labute approximate surface area is 68.5 Å². The maximum atomic E-state index is 3.10. The van der Waals surface area contributed by atoms with Gasteiger partial charge in [-0.05, 0) is 27.7 Å². The lowest BCUT2D eigenvalue weighted by Crippen LogP contribution is -2.49. The van der Waals surface area contributed by atoms with Gasteiger partial charge in [0.25, 0.3) is 0 Å². The van der Waals surface area contributed by atoms with Crippen molar-refractivity contribution >= 4 is 0 Å². The Bertz CT molecular complexity index is 110. The SMILES string of the molecule is CC(C)N1CNNN1C(C)C. The second-order valence-corrected chi connectivity index (χ2v) is 3.42. The lowest BCUT2D eigenvalue weighted by molar-refractivity contribution is -0.0628. The minimum atomic E-state index is 0.493.